The summed E-state index contributed by atoms with van der Waals surface area (Å²) in [6, 6.07) is 16.0. The highest BCUT2D eigenvalue weighted by molar-refractivity contribution is 5.68. The Morgan fingerprint density at radius 3 is 1.85 bits per heavy atom. The average Bonchev–Trinajstić information content (AvgIpc) is 3.39. The van der Waals surface area contributed by atoms with Gasteiger partial charge >= 0.3 is 0 Å². The van der Waals surface area contributed by atoms with Crippen LogP contribution in [0.1, 0.15) is 22.8 Å². The van der Waals surface area contributed by atoms with Gasteiger partial charge in [-0.2, -0.15) is 0 Å². The fourth-order valence-electron chi connectivity index (χ4n) is 3.23. The molecule has 5 heterocycles. The van der Waals surface area contributed by atoms with Crippen molar-refractivity contribution in [3.8, 4) is 0 Å². The Morgan fingerprint density at radius 2 is 1.15 bits per heavy atom. The molecule has 4 aromatic heterocycles. The van der Waals surface area contributed by atoms with Crippen molar-refractivity contribution < 1.29 is 0 Å². The predicted molar refractivity (Wildman–Crippen MR) is 101 cm³/mol. The van der Waals surface area contributed by atoms with E-state index in [0.29, 0.717) is 5.70 Å². The lowest BCUT2D eigenvalue weighted by Crippen LogP contribution is -2.12. The van der Waals surface area contributed by atoms with Crippen LogP contribution in [0.4, 0.5) is 0 Å². The van der Waals surface area contributed by atoms with Gasteiger partial charge in [-0.15, -0.1) is 0 Å². The molecule has 1 aliphatic heterocycles. The molecular formula is C21H15N5. The van der Waals surface area contributed by atoms with E-state index in [2.05, 4.69) is 30.9 Å². The molecule has 0 unspecified atom stereocenters. The number of nitrogens with one attached hydrogen (secondary N) is 4. The van der Waals surface area contributed by atoms with Crippen molar-refractivity contribution in [2.45, 2.75) is 0 Å². The van der Waals surface area contributed by atoms with Crippen molar-refractivity contribution in [1.29, 1.82) is 0 Å². The van der Waals surface area contributed by atoms with Gasteiger partial charge in [0, 0.05) is 44.2 Å². The molecule has 26 heavy (non-hydrogen) atoms. The standard InChI is InChI=1S/C21H15N5/c1-22-21-19-8-6-17(25-19)11-15-4-2-13(23-15)10-14-3-5-16(24-14)12-18-7-9-20(21)26-18/h2-12,23-26H. The van der Waals surface area contributed by atoms with Crippen molar-refractivity contribution >= 4 is 23.9 Å². The van der Waals surface area contributed by atoms with E-state index in [0.717, 1.165) is 44.2 Å². The summed E-state index contributed by atoms with van der Waals surface area (Å²) in [6.07, 6.45) is 6.14. The molecule has 0 aromatic carbocycles. The van der Waals surface area contributed by atoms with Gasteiger partial charge in [0.1, 0.15) is 0 Å². The maximum atomic E-state index is 7.59. The normalized spacial score (nSPS) is 12.7. The van der Waals surface area contributed by atoms with Crippen molar-refractivity contribution in [1.82, 2.24) is 19.9 Å². The molecule has 0 radical (unpaired) electrons. The summed E-state index contributed by atoms with van der Waals surface area (Å²) in [4.78, 5) is 17.1. The molecule has 0 atom stereocenters. The summed E-state index contributed by atoms with van der Waals surface area (Å²) in [5, 5.41) is 3.77. The molecule has 0 saturated heterocycles. The van der Waals surface area contributed by atoms with Crippen LogP contribution < -0.4 is 21.4 Å². The Hall–Kier alpha value is -3.91. The van der Waals surface area contributed by atoms with E-state index < -0.39 is 0 Å². The first-order valence-electron chi connectivity index (χ1n) is 8.32. The van der Waals surface area contributed by atoms with Crippen molar-refractivity contribution in [2.24, 2.45) is 0 Å². The molecule has 124 valence electrons. The van der Waals surface area contributed by atoms with E-state index in [-0.39, 0.29) is 0 Å². The van der Waals surface area contributed by atoms with E-state index in [9.17, 15) is 0 Å². The quantitative estimate of drug-likeness (QED) is 0.344. The molecule has 0 amide bonds. The molecule has 4 aromatic rings. The van der Waals surface area contributed by atoms with Gasteiger partial charge in [-0.1, -0.05) is 0 Å². The number of aromatic nitrogens is 4. The second-order valence-corrected chi connectivity index (χ2v) is 6.29. The Morgan fingerprint density at radius 1 is 0.577 bits per heavy atom. The minimum absolute atomic E-state index is 0.573. The van der Waals surface area contributed by atoms with Crippen LogP contribution in [0, 0.1) is 6.57 Å². The van der Waals surface area contributed by atoms with Gasteiger partial charge in [-0.05, 0) is 66.8 Å². The van der Waals surface area contributed by atoms with Gasteiger partial charge in [0.25, 0.3) is 0 Å². The highest BCUT2D eigenvalue weighted by Crippen LogP contribution is 2.12. The van der Waals surface area contributed by atoms with E-state index in [1.54, 1.807) is 0 Å². The van der Waals surface area contributed by atoms with Gasteiger partial charge < -0.3 is 19.9 Å². The summed E-state index contributed by atoms with van der Waals surface area (Å²) >= 11 is 0. The summed E-state index contributed by atoms with van der Waals surface area (Å²) in [7, 11) is 0. The fraction of sp³-hybridized carbons (Fsp3) is 0. The van der Waals surface area contributed by atoms with E-state index >= 15 is 0 Å². The second kappa shape index (κ2) is 5.57. The minimum atomic E-state index is 0.573. The maximum absolute atomic E-state index is 7.59. The summed E-state index contributed by atoms with van der Waals surface area (Å²) in [5.74, 6) is 0. The van der Waals surface area contributed by atoms with Crippen molar-refractivity contribution in [3.63, 3.8) is 0 Å². The number of H-pyrrole nitrogens is 4. The molecule has 0 saturated carbocycles. The third-order valence-electron chi connectivity index (χ3n) is 4.43. The summed E-state index contributed by atoms with van der Waals surface area (Å²) in [5.41, 5.74) is 4.35. The van der Waals surface area contributed by atoms with Crippen molar-refractivity contribution in [2.75, 3.05) is 0 Å². The molecule has 5 nitrogen and oxygen atoms in total. The lowest BCUT2D eigenvalue weighted by Gasteiger charge is -1.93. The summed E-state index contributed by atoms with van der Waals surface area (Å²) < 4.78 is 0. The highest BCUT2D eigenvalue weighted by atomic mass is 14.8. The van der Waals surface area contributed by atoms with Crippen LogP contribution in [0.5, 0.6) is 0 Å². The molecule has 0 aliphatic carbocycles. The van der Waals surface area contributed by atoms with E-state index in [1.165, 1.54) is 0 Å². The lowest BCUT2D eigenvalue weighted by molar-refractivity contribution is 1.22. The zero-order chi connectivity index (χ0) is 17.5. The number of hydrogen-bond donors (Lipinski definition) is 4. The van der Waals surface area contributed by atoms with Gasteiger partial charge in [0.15, 0.2) is 0 Å². The van der Waals surface area contributed by atoms with Crippen LogP contribution in [0.25, 0.3) is 28.8 Å². The van der Waals surface area contributed by atoms with Crippen LogP contribution >= 0.6 is 0 Å². The van der Waals surface area contributed by atoms with Gasteiger partial charge in [-0.25, -0.2) is 4.85 Å². The topological polar surface area (TPSA) is 67.5 Å². The van der Waals surface area contributed by atoms with Gasteiger partial charge in [-0.3, -0.25) is 0 Å². The van der Waals surface area contributed by atoms with Crippen LogP contribution in [-0.2, 0) is 0 Å². The van der Waals surface area contributed by atoms with Crippen LogP contribution in [-0.4, -0.2) is 19.9 Å². The molecule has 8 bridgehead atoms. The van der Waals surface area contributed by atoms with Gasteiger partial charge in [0.2, 0.25) is 5.70 Å². The SMILES string of the molecule is [C-]#[N+]C1=c2ccc([nH]2)=Cc2ccc([nH]2)C=c2ccc([nH]2)=Cc2ccc1[nH]2. The molecule has 0 spiro atoms. The lowest BCUT2D eigenvalue weighted by atomic mass is 10.3. The molecular weight excluding hydrogens is 322 g/mol. The smallest absolute Gasteiger partial charge is 0.232 e. The van der Waals surface area contributed by atoms with Crippen molar-refractivity contribution in [3.05, 3.63) is 104 Å². The zero-order valence-corrected chi connectivity index (χ0v) is 13.8. The first-order valence-corrected chi connectivity index (χ1v) is 8.32. The third kappa shape index (κ3) is 2.50. The average molecular weight is 337 g/mol. The first kappa shape index (κ1) is 14.4. The van der Waals surface area contributed by atoms with Crippen LogP contribution in [0.3, 0.4) is 0 Å². The number of nitrogens with zero attached hydrogens (tertiary/aromatic N) is 1. The second-order valence-electron chi connectivity index (χ2n) is 6.29. The molecule has 0 fully saturated rings. The highest BCUT2D eigenvalue weighted by Gasteiger charge is 2.06. The predicted octanol–water partition coefficient (Wildman–Crippen LogP) is 0.875. The molecule has 5 heteroatoms. The zero-order valence-electron chi connectivity index (χ0n) is 13.8. The number of aromatic amines is 4. The van der Waals surface area contributed by atoms with Crippen LogP contribution in [0.15, 0.2) is 48.5 Å². The number of fused-ring (bicyclic) bond motifs is 8. The Balaban J connectivity index is 1.84. The Bertz CT molecular complexity index is 1400. The fourth-order valence-corrected chi connectivity index (χ4v) is 3.23. The molecule has 5 rings (SSSR count). The molecule has 4 N–H and O–H groups in total. The largest absolute Gasteiger partial charge is 0.365 e. The first-order chi connectivity index (χ1) is 12.8. The van der Waals surface area contributed by atoms with Gasteiger partial charge in [0.05, 0.1) is 6.57 Å². The number of hydrogen-bond acceptors (Lipinski definition) is 0. The maximum Gasteiger partial charge on any atom is 0.232 e. The molecule has 1 aliphatic rings. The van der Waals surface area contributed by atoms with E-state index in [4.69, 9.17) is 6.57 Å². The minimum Gasteiger partial charge on any atom is -0.365 e. The van der Waals surface area contributed by atoms with Crippen LogP contribution in [0.2, 0.25) is 0 Å². The number of rotatable bonds is 0. The monoisotopic (exact) mass is 337 g/mol. The third-order valence-corrected chi connectivity index (χ3v) is 4.43. The Labute approximate surface area is 148 Å². The summed E-state index contributed by atoms with van der Waals surface area (Å²) in [6.45, 7) is 7.59. The van der Waals surface area contributed by atoms with E-state index in [1.807, 2.05) is 60.7 Å². The Kier molecular flexibility index (Phi) is 3.09.